The van der Waals surface area contributed by atoms with Crippen molar-refractivity contribution in [2.24, 2.45) is 0 Å². The molecule has 0 unspecified atom stereocenters. The second kappa shape index (κ2) is 14.3. The third-order valence-electron chi connectivity index (χ3n) is 13.5. The van der Waals surface area contributed by atoms with Crippen LogP contribution >= 0.6 is 0 Å². The number of nitrogens with zero attached hydrogens (tertiary/aromatic N) is 2. The zero-order chi connectivity index (χ0) is 42.2. The number of anilines is 3. The number of fused-ring (bicyclic) bond motifs is 9. The molecule has 2 heterocycles. The predicted octanol–water partition coefficient (Wildman–Crippen LogP) is 16.2. The lowest BCUT2D eigenvalue weighted by Crippen LogP contribution is -2.28. The van der Waals surface area contributed by atoms with E-state index in [9.17, 15) is 0 Å². The molecule has 300 valence electrons. The summed E-state index contributed by atoms with van der Waals surface area (Å²) in [4.78, 5) is 2.46. The van der Waals surface area contributed by atoms with Gasteiger partial charge in [0.15, 0.2) is 0 Å². The first-order chi connectivity index (χ1) is 31.8. The zero-order valence-corrected chi connectivity index (χ0v) is 34.9. The van der Waals surface area contributed by atoms with Gasteiger partial charge in [0.2, 0.25) is 0 Å². The predicted molar refractivity (Wildman–Crippen MR) is 265 cm³/mol. The fourth-order valence-corrected chi connectivity index (χ4v) is 10.8. The van der Waals surface area contributed by atoms with E-state index < -0.39 is 5.41 Å². The number of benzene rings is 10. The van der Waals surface area contributed by atoms with E-state index >= 15 is 0 Å². The average Bonchev–Trinajstić information content (AvgIpc) is 4.02. The third-order valence-corrected chi connectivity index (χ3v) is 13.5. The van der Waals surface area contributed by atoms with Crippen LogP contribution in [-0.2, 0) is 5.41 Å². The molecule has 0 atom stereocenters. The molecule has 0 fully saturated rings. The molecule has 12 aromatic rings. The summed E-state index contributed by atoms with van der Waals surface area (Å²) in [5, 5.41) is 4.74. The number of hydrogen-bond donors (Lipinski definition) is 0. The highest BCUT2D eigenvalue weighted by Gasteiger charge is 2.47. The molecule has 13 rings (SSSR count). The maximum atomic E-state index is 6.53. The molecule has 2 aromatic heterocycles. The van der Waals surface area contributed by atoms with Gasteiger partial charge in [-0.2, -0.15) is 0 Å². The van der Waals surface area contributed by atoms with Crippen molar-refractivity contribution < 1.29 is 4.42 Å². The highest BCUT2D eigenvalue weighted by atomic mass is 16.3. The van der Waals surface area contributed by atoms with Gasteiger partial charge in [0.25, 0.3) is 0 Å². The largest absolute Gasteiger partial charge is 0.455 e. The van der Waals surface area contributed by atoms with Crippen LogP contribution in [0.3, 0.4) is 0 Å². The normalized spacial score (nSPS) is 12.8. The summed E-state index contributed by atoms with van der Waals surface area (Å²) in [7, 11) is 0. The van der Waals surface area contributed by atoms with Crippen LogP contribution in [0.1, 0.15) is 22.3 Å². The molecule has 64 heavy (non-hydrogen) atoms. The first-order valence-electron chi connectivity index (χ1n) is 22.0. The standard InChI is InChI=1S/C61H40N2O/c1-3-18-42(19-4-1)61(43-20-5-2-6-21-43)53-30-11-7-27-52(53)59-54(61)31-17-34-57(59)62(44-38-36-41(37-39-44)47-28-16-29-51-50-26-10-14-35-58(50)64-60(47)51)45-22-15-23-46(40-45)63-55-32-12-8-24-48(55)49-25-9-13-33-56(49)63/h1-40H. The average molecular weight is 817 g/mol. The van der Waals surface area contributed by atoms with Crippen molar-refractivity contribution >= 4 is 60.8 Å². The Kier molecular flexibility index (Phi) is 8.13. The van der Waals surface area contributed by atoms with Crippen molar-refractivity contribution in [1.82, 2.24) is 4.57 Å². The topological polar surface area (TPSA) is 21.3 Å². The minimum atomic E-state index is -0.532. The van der Waals surface area contributed by atoms with Crippen LogP contribution in [0.15, 0.2) is 247 Å². The summed E-state index contributed by atoms with van der Waals surface area (Å²) in [5.74, 6) is 0. The fourth-order valence-electron chi connectivity index (χ4n) is 10.8. The lowest BCUT2D eigenvalue weighted by Gasteiger charge is -2.34. The van der Waals surface area contributed by atoms with Crippen LogP contribution in [0, 0.1) is 0 Å². The summed E-state index contributed by atoms with van der Waals surface area (Å²) in [6, 6.07) is 88.3. The molecule has 0 saturated heterocycles. The molecule has 10 aromatic carbocycles. The molecule has 0 bridgehead atoms. The van der Waals surface area contributed by atoms with Crippen LogP contribution in [-0.4, -0.2) is 4.57 Å². The highest BCUT2D eigenvalue weighted by Crippen LogP contribution is 2.59. The number of hydrogen-bond acceptors (Lipinski definition) is 2. The Hall–Kier alpha value is -8.40. The van der Waals surface area contributed by atoms with Gasteiger partial charge in [-0.15, -0.1) is 0 Å². The molecule has 3 heteroatoms. The van der Waals surface area contributed by atoms with E-state index in [2.05, 4.69) is 240 Å². The van der Waals surface area contributed by atoms with Gasteiger partial charge < -0.3 is 13.9 Å². The van der Waals surface area contributed by atoms with Crippen molar-refractivity contribution in [2.45, 2.75) is 5.41 Å². The Balaban J connectivity index is 1.06. The lowest BCUT2D eigenvalue weighted by atomic mass is 9.68. The van der Waals surface area contributed by atoms with Crippen molar-refractivity contribution in [3.63, 3.8) is 0 Å². The number of furan rings is 1. The molecule has 0 spiro atoms. The van der Waals surface area contributed by atoms with Gasteiger partial charge in [0.1, 0.15) is 11.2 Å². The van der Waals surface area contributed by atoms with Crippen molar-refractivity contribution in [2.75, 3.05) is 4.90 Å². The second-order valence-corrected chi connectivity index (χ2v) is 16.8. The molecular formula is C61H40N2O. The number of rotatable bonds is 7. The first-order valence-corrected chi connectivity index (χ1v) is 22.0. The summed E-state index contributed by atoms with van der Waals surface area (Å²) in [5.41, 5.74) is 17.6. The molecule has 0 N–H and O–H groups in total. The Morgan fingerprint density at radius 3 is 1.69 bits per heavy atom. The second-order valence-electron chi connectivity index (χ2n) is 16.8. The Labute approximate surface area is 371 Å². The minimum Gasteiger partial charge on any atom is -0.455 e. The summed E-state index contributed by atoms with van der Waals surface area (Å²) >= 11 is 0. The zero-order valence-electron chi connectivity index (χ0n) is 34.9. The molecular weight excluding hydrogens is 777 g/mol. The lowest BCUT2D eigenvalue weighted by molar-refractivity contribution is 0.670. The van der Waals surface area contributed by atoms with Gasteiger partial charge in [-0.05, 0) is 88.0 Å². The van der Waals surface area contributed by atoms with Crippen molar-refractivity contribution in [3.05, 3.63) is 265 Å². The molecule has 1 aliphatic carbocycles. The van der Waals surface area contributed by atoms with E-state index in [0.29, 0.717) is 0 Å². The number of aromatic nitrogens is 1. The SMILES string of the molecule is c1ccc(C2(c3ccccc3)c3ccccc3-c3c(N(c4ccc(-c5cccc6c5oc5ccccc56)cc4)c4cccc(-n5c6ccccc6c6ccccc65)c4)cccc32)cc1. The molecule has 0 aliphatic heterocycles. The molecule has 0 radical (unpaired) electrons. The van der Waals surface area contributed by atoms with Gasteiger partial charge >= 0.3 is 0 Å². The van der Waals surface area contributed by atoms with Gasteiger partial charge in [-0.1, -0.05) is 188 Å². The van der Waals surface area contributed by atoms with Crippen LogP contribution in [0.5, 0.6) is 0 Å². The fraction of sp³-hybridized carbons (Fsp3) is 0.0164. The quantitative estimate of drug-likeness (QED) is 0.160. The van der Waals surface area contributed by atoms with E-state index in [1.807, 2.05) is 12.1 Å². The van der Waals surface area contributed by atoms with Crippen LogP contribution in [0.2, 0.25) is 0 Å². The maximum Gasteiger partial charge on any atom is 0.143 e. The summed E-state index contributed by atoms with van der Waals surface area (Å²) < 4.78 is 8.93. The molecule has 0 saturated carbocycles. The monoisotopic (exact) mass is 816 g/mol. The maximum absolute atomic E-state index is 6.53. The van der Waals surface area contributed by atoms with E-state index in [4.69, 9.17) is 4.42 Å². The Bertz CT molecular complexity index is 3640. The van der Waals surface area contributed by atoms with Gasteiger partial charge in [-0.3, -0.25) is 0 Å². The molecule has 3 nitrogen and oxygen atoms in total. The summed E-state index contributed by atoms with van der Waals surface area (Å²) in [6.07, 6.45) is 0. The van der Waals surface area contributed by atoms with Gasteiger partial charge in [-0.25, -0.2) is 0 Å². The van der Waals surface area contributed by atoms with Crippen LogP contribution in [0.4, 0.5) is 17.1 Å². The van der Waals surface area contributed by atoms with Crippen LogP contribution in [0.25, 0.3) is 71.7 Å². The third kappa shape index (κ3) is 5.28. The Morgan fingerprint density at radius 1 is 0.391 bits per heavy atom. The van der Waals surface area contributed by atoms with E-state index in [1.165, 1.54) is 55.2 Å². The first kappa shape index (κ1) is 36.3. The summed E-state index contributed by atoms with van der Waals surface area (Å²) in [6.45, 7) is 0. The van der Waals surface area contributed by atoms with Crippen molar-refractivity contribution in [1.29, 1.82) is 0 Å². The van der Waals surface area contributed by atoms with Gasteiger partial charge in [0, 0.05) is 49.7 Å². The number of para-hydroxylation sites is 4. The molecule has 1 aliphatic rings. The minimum absolute atomic E-state index is 0.532. The van der Waals surface area contributed by atoms with Crippen LogP contribution < -0.4 is 4.90 Å². The highest BCUT2D eigenvalue weighted by molar-refractivity contribution is 6.10. The molecule has 0 amide bonds. The smallest absolute Gasteiger partial charge is 0.143 e. The van der Waals surface area contributed by atoms with E-state index in [0.717, 1.165) is 55.8 Å². The van der Waals surface area contributed by atoms with Crippen molar-refractivity contribution in [3.8, 4) is 27.9 Å². The van der Waals surface area contributed by atoms with E-state index in [1.54, 1.807) is 0 Å². The van der Waals surface area contributed by atoms with Gasteiger partial charge in [0.05, 0.1) is 22.1 Å². The van der Waals surface area contributed by atoms with E-state index in [-0.39, 0.29) is 0 Å². The Morgan fingerprint density at radius 2 is 0.953 bits per heavy atom.